The number of hydrogen-bond donors (Lipinski definition) is 1. The van der Waals surface area contributed by atoms with Crippen molar-refractivity contribution < 1.29 is 14.4 Å². The number of aryl methyl sites for hydroxylation is 1. The SMILES string of the molecule is CCN(CC)C(=O)C(NC(=O)c1ccc(C)cc1)C1CCN(C(=O)c2ccccc2)CC1. The average Bonchev–Trinajstić information content (AvgIpc) is 2.83. The van der Waals surface area contributed by atoms with E-state index in [1.165, 1.54) is 0 Å². The van der Waals surface area contributed by atoms with Gasteiger partial charge in [0.1, 0.15) is 6.04 Å². The quantitative estimate of drug-likeness (QED) is 0.724. The molecule has 0 bridgehead atoms. The lowest BCUT2D eigenvalue weighted by molar-refractivity contribution is -0.134. The highest BCUT2D eigenvalue weighted by atomic mass is 16.2. The number of likely N-dealkylation sites (tertiary alicyclic amines) is 1. The molecule has 170 valence electrons. The molecule has 0 aliphatic carbocycles. The molecule has 6 heteroatoms. The molecular formula is C26H33N3O3. The molecule has 1 N–H and O–H groups in total. The van der Waals surface area contributed by atoms with Crippen molar-refractivity contribution in [1.29, 1.82) is 0 Å². The van der Waals surface area contributed by atoms with Gasteiger partial charge in [-0.15, -0.1) is 0 Å². The number of piperidine rings is 1. The summed E-state index contributed by atoms with van der Waals surface area (Å²) in [6, 6.07) is 16.0. The van der Waals surface area contributed by atoms with Crippen molar-refractivity contribution in [2.75, 3.05) is 26.2 Å². The van der Waals surface area contributed by atoms with Crippen molar-refractivity contribution >= 4 is 17.7 Å². The smallest absolute Gasteiger partial charge is 0.253 e. The van der Waals surface area contributed by atoms with Gasteiger partial charge in [-0.3, -0.25) is 14.4 Å². The van der Waals surface area contributed by atoms with Crippen LogP contribution in [0.4, 0.5) is 0 Å². The Hall–Kier alpha value is -3.15. The van der Waals surface area contributed by atoms with Gasteiger partial charge in [-0.1, -0.05) is 35.9 Å². The van der Waals surface area contributed by atoms with Crippen LogP contribution in [0.1, 0.15) is 53.0 Å². The maximum Gasteiger partial charge on any atom is 0.253 e. The third kappa shape index (κ3) is 5.55. The van der Waals surface area contributed by atoms with Crippen LogP contribution in [0.15, 0.2) is 54.6 Å². The highest BCUT2D eigenvalue weighted by Crippen LogP contribution is 2.24. The minimum absolute atomic E-state index is 0.0133. The second-order valence-electron chi connectivity index (χ2n) is 8.32. The van der Waals surface area contributed by atoms with Crippen LogP contribution in [0.3, 0.4) is 0 Å². The van der Waals surface area contributed by atoms with Gasteiger partial charge >= 0.3 is 0 Å². The molecule has 3 rings (SSSR count). The maximum atomic E-state index is 13.3. The van der Waals surface area contributed by atoms with Crippen molar-refractivity contribution in [2.24, 2.45) is 5.92 Å². The molecule has 0 radical (unpaired) electrons. The Kier molecular flexibility index (Phi) is 8.03. The Morgan fingerprint density at radius 2 is 1.53 bits per heavy atom. The molecule has 1 heterocycles. The van der Waals surface area contributed by atoms with Crippen LogP contribution < -0.4 is 5.32 Å². The van der Waals surface area contributed by atoms with Gasteiger partial charge in [0, 0.05) is 37.3 Å². The lowest BCUT2D eigenvalue weighted by Crippen LogP contribution is -2.54. The van der Waals surface area contributed by atoms with E-state index in [-0.39, 0.29) is 23.6 Å². The van der Waals surface area contributed by atoms with Crippen LogP contribution in [0, 0.1) is 12.8 Å². The Morgan fingerprint density at radius 3 is 2.09 bits per heavy atom. The van der Waals surface area contributed by atoms with E-state index >= 15 is 0 Å². The molecule has 1 fully saturated rings. The zero-order valence-corrected chi connectivity index (χ0v) is 19.2. The highest BCUT2D eigenvalue weighted by molar-refractivity contribution is 5.98. The van der Waals surface area contributed by atoms with Crippen LogP contribution in [0.2, 0.25) is 0 Å². The van der Waals surface area contributed by atoms with E-state index < -0.39 is 6.04 Å². The fourth-order valence-electron chi connectivity index (χ4n) is 4.24. The minimum Gasteiger partial charge on any atom is -0.341 e. The van der Waals surface area contributed by atoms with Gasteiger partial charge in [-0.05, 0) is 63.8 Å². The summed E-state index contributed by atoms with van der Waals surface area (Å²) in [5.74, 6) is -0.293. The van der Waals surface area contributed by atoms with Gasteiger partial charge in [0.2, 0.25) is 5.91 Å². The highest BCUT2D eigenvalue weighted by Gasteiger charge is 2.35. The third-order valence-corrected chi connectivity index (χ3v) is 6.26. The zero-order valence-electron chi connectivity index (χ0n) is 19.2. The number of likely N-dealkylation sites (N-methyl/N-ethyl adjacent to an activating group) is 1. The number of nitrogens with zero attached hydrogens (tertiary/aromatic N) is 2. The number of carbonyl (C=O) groups is 3. The fraction of sp³-hybridized carbons (Fsp3) is 0.423. The summed E-state index contributed by atoms with van der Waals surface area (Å²) < 4.78 is 0. The fourth-order valence-corrected chi connectivity index (χ4v) is 4.24. The first kappa shape index (κ1) is 23.5. The zero-order chi connectivity index (χ0) is 23.1. The molecule has 2 aromatic carbocycles. The van der Waals surface area contributed by atoms with E-state index in [4.69, 9.17) is 0 Å². The van der Waals surface area contributed by atoms with Gasteiger partial charge in [0.25, 0.3) is 11.8 Å². The summed E-state index contributed by atoms with van der Waals surface area (Å²) in [5.41, 5.74) is 2.30. The molecule has 1 aliphatic rings. The number of benzene rings is 2. The van der Waals surface area contributed by atoms with Gasteiger partial charge in [-0.25, -0.2) is 0 Å². The second kappa shape index (κ2) is 10.9. The molecule has 32 heavy (non-hydrogen) atoms. The van der Waals surface area contributed by atoms with Gasteiger partial charge in [-0.2, -0.15) is 0 Å². The molecule has 1 unspecified atom stereocenters. The van der Waals surface area contributed by atoms with Crippen LogP contribution in [0.25, 0.3) is 0 Å². The molecule has 6 nitrogen and oxygen atoms in total. The van der Waals surface area contributed by atoms with Gasteiger partial charge in [0.15, 0.2) is 0 Å². The largest absolute Gasteiger partial charge is 0.341 e. The van der Waals surface area contributed by atoms with Crippen LogP contribution in [0.5, 0.6) is 0 Å². The van der Waals surface area contributed by atoms with Crippen molar-refractivity contribution in [3.8, 4) is 0 Å². The Balaban J connectivity index is 1.72. The monoisotopic (exact) mass is 435 g/mol. The Labute approximate surface area is 190 Å². The summed E-state index contributed by atoms with van der Waals surface area (Å²) in [6.45, 7) is 8.19. The first-order chi connectivity index (χ1) is 15.4. The molecule has 0 saturated carbocycles. The first-order valence-electron chi connectivity index (χ1n) is 11.4. The van der Waals surface area contributed by atoms with Crippen molar-refractivity contribution in [3.05, 3.63) is 71.3 Å². The number of hydrogen-bond acceptors (Lipinski definition) is 3. The number of nitrogens with one attached hydrogen (secondary N) is 1. The predicted molar refractivity (Wildman–Crippen MR) is 125 cm³/mol. The Bertz CT molecular complexity index is 915. The standard InChI is InChI=1S/C26H33N3O3/c1-4-28(5-2)26(32)23(27-24(30)21-13-11-19(3)12-14-21)20-15-17-29(18-16-20)25(31)22-9-7-6-8-10-22/h6-14,20,23H,4-5,15-18H2,1-3H3,(H,27,30). The molecule has 1 saturated heterocycles. The van der Waals surface area contributed by atoms with Crippen LogP contribution in [-0.4, -0.2) is 59.7 Å². The molecule has 1 atom stereocenters. The van der Waals surface area contributed by atoms with E-state index in [9.17, 15) is 14.4 Å². The van der Waals surface area contributed by atoms with Gasteiger partial charge < -0.3 is 15.1 Å². The average molecular weight is 436 g/mol. The molecule has 0 spiro atoms. The minimum atomic E-state index is -0.599. The normalized spacial score (nSPS) is 15.2. The predicted octanol–water partition coefficient (Wildman–Crippen LogP) is 3.51. The van der Waals surface area contributed by atoms with Crippen molar-refractivity contribution in [3.63, 3.8) is 0 Å². The summed E-state index contributed by atoms with van der Waals surface area (Å²) in [7, 11) is 0. The van der Waals surface area contributed by atoms with Crippen molar-refractivity contribution in [2.45, 2.75) is 39.7 Å². The first-order valence-corrected chi connectivity index (χ1v) is 11.4. The number of amides is 3. The summed E-state index contributed by atoms with van der Waals surface area (Å²) >= 11 is 0. The van der Waals surface area contributed by atoms with E-state index in [0.29, 0.717) is 50.1 Å². The summed E-state index contributed by atoms with van der Waals surface area (Å²) in [4.78, 5) is 42.6. The van der Waals surface area contributed by atoms with Gasteiger partial charge in [0.05, 0.1) is 0 Å². The molecule has 1 aliphatic heterocycles. The number of carbonyl (C=O) groups excluding carboxylic acids is 3. The van der Waals surface area contributed by atoms with E-state index in [1.54, 1.807) is 17.0 Å². The maximum absolute atomic E-state index is 13.3. The van der Waals surface area contributed by atoms with E-state index in [2.05, 4.69) is 5.32 Å². The molecule has 2 aromatic rings. The number of rotatable bonds is 7. The summed E-state index contributed by atoms with van der Waals surface area (Å²) in [6.07, 6.45) is 1.34. The lowest BCUT2D eigenvalue weighted by Gasteiger charge is -2.37. The molecular weight excluding hydrogens is 402 g/mol. The second-order valence-corrected chi connectivity index (χ2v) is 8.32. The topological polar surface area (TPSA) is 69.7 Å². The van der Waals surface area contributed by atoms with Crippen LogP contribution >= 0.6 is 0 Å². The summed E-state index contributed by atoms with van der Waals surface area (Å²) in [5, 5.41) is 3.01. The van der Waals surface area contributed by atoms with E-state index in [1.807, 2.05) is 68.1 Å². The Morgan fingerprint density at radius 1 is 0.938 bits per heavy atom. The van der Waals surface area contributed by atoms with Crippen LogP contribution in [-0.2, 0) is 4.79 Å². The third-order valence-electron chi connectivity index (χ3n) is 6.26. The van der Waals surface area contributed by atoms with Crippen molar-refractivity contribution in [1.82, 2.24) is 15.1 Å². The molecule has 3 amide bonds. The lowest BCUT2D eigenvalue weighted by atomic mass is 9.87. The van der Waals surface area contributed by atoms with E-state index in [0.717, 1.165) is 5.56 Å². The molecule has 0 aromatic heterocycles.